The van der Waals surface area contributed by atoms with Crippen molar-refractivity contribution in [3.63, 3.8) is 0 Å². The maximum atomic E-state index is 9.26. The molecule has 3 aromatic rings. The fourth-order valence-corrected chi connectivity index (χ4v) is 2.94. The number of hydrogen-bond acceptors (Lipinski definition) is 2. The van der Waals surface area contributed by atoms with Crippen molar-refractivity contribution in [3.8, 4) is 11.8 Å². The van der Waals surface area contributed by atoms with Gasteiger partial charge in [-0.15, -0.1) is 0 Å². The first-order valence-electron chi connectivity index (χ1n) is 5.70. The van der Waals surface area contributed by atoms with E-state index >= 15 is 0 Å². The molecule has 3 rings (SSSR count). The first kappa shape index (κ1) is 13.4. The van der Waals surface area contributed by atoms with Gasteiger partial charge in [0.2, 0.25) is 0 Å². The molecular weight excluding hydrogens is 358 g/mol. The van der Waals surface area contributed by atoms with Crippen LogP contribution in [0, 0.1) is 16.1 Å². The van der Waals surface area contributed by atoms with E-state index in [-0.39, 0.29) is 0 Å². The second-order valence-corrected chi connectivity index (χ2v) is 5.94. The highest BCUT2D eigenvalue weighted by Crippen LogP contribution is 2.26. The summed E-state index contributed by atoms with van der Waals surface area (Å²) in [7, 11) is 0. The zero-order valence-electron chi connectivity index (χ0n) is 10.0. The summed E-state index contributed by atoms with van der Waals surface area (Å²) in [6.45, 7) is 0. The molecule has 0 aliphatic heterocycles. The molecule has 1 heterocycles. The van der Waals surface area contributed by atoms with Gasteiger partial charge >= 0.3 is 0 Å². The molecule has 0 atom stereocenters. The number of nitrogens with zero attached hydrogens (tertiary/aromatic N) is 2. The van der Waals surface area contributed by atoms with Crippen molar-refractivity contribution in [2.75, 3.05) is 0 Å². The van der Waals surface area contributed by atoms with Crippen molar-refractivity contribution in [3.05, 3.63) is 56.2 Å². The van der Waals surface area contributed by atoms with E-state index in [0.29, 0.717) is 21.0 Å². The molecule has 98 valence electrons. The molecule has 3 nitrogen and oxygen atoms in total. The summed E-state index contributed by atoms with van der Waals surface area (Å²) in [4.78, 5) is 3.13. The van der Waals surface area contributed by atoms with Gasteiger partial charge in [-0.2, -0.15) is 5.26 Å². The standard InChI is InChI=1S/C14H7BrClN3S/c15-9-2-4-12-11(5-9)18-14(20)19(12)13-6-10(16)3-1-8(13)7-17/h1-6H,(H,18,20). The lowest BCUT2D eigenvalue weighted by Crippen LogP contribution is -1.97. The Balaban J connectivity index is 2.41. The number of hydrogen-bond donors (Lipinski definition) is 1. The Hall–Kier alpha value is -1.61. The van der Waals surface area contributed by atoms with Crippen LogP contribution in [0.5, 0.6) is 0 Å². The molecule has 0 saturated heterocycles. The third kappa shape index (κ3) is 2.16. The molecule has 2 aromatic carbocycles. The second-order valence-electron chi connectivity index (χ2n) is 4.20. The fraction of sp³-hybridized carbons (Fsp3) is 0. The second kappa shape index (κ2) is 5.06. The van der Waals surface area contributed by atoms with Crippen molar-refractivity contribution in [2.24, 2.45) is 0 Å². The maximum absolute atomic E-state index is 9.26. The van der Waals surface area contributed by atoms with E-state index in [2.05, 4.69) is 27.0 Å². The van der Waals surface area contributed by atoms with E-state index < -0.39 is 0 Å². The van der Waals surface area contributed by atoms with Gasteiger partial charge in [-0.25, -0.2) is 0 Å². The molecule has 0 radical (unpaired) electrons. The molecule has 1 aromatic heterocycles. The molecule has 0 bridgehead atoms. The molecule has 0 amide bonds. The van der Waals surface area contributed by atoms with Gasteiger partial charge in [-0.3, -0.25) is 4.57 Å². The minimum Gasteiger partial charge on any atom is -0.330 e. The molecule has 20 heavy (non-hydrogen) atoms. The van der Waals surface area contributed by atoms with E-state index in [1.54, 1.807) is 18.2 Å². The van der Waals surface area contributed by atoms with E-state index in [1.165, 1.54) is 0 Å². The van der Waals surface area contributed by atoms with Crippen LogP contribution in [0.4, 0.5) is 0 Å². The van der Waals surface area contributed by atoms with Gasteiger partial charge < -0.3 is 4.98 Å². The predicted molar refractivity (Wildman–Crippen MR) is 85.9 cm³/mol. The summed E-state index contributed by atoms with van der Waals surface area (Å²) in [5, 5.41) is 9.82. The number of fused-ring (bicyclic) bond motifs is 1. The number of nitriles is 1. The van der Waals surface area contributed by atoms with Crippen LogP contribution in [0.1, 0.15) is 5.56 Å². The lowest BCUT2D eigenvalue weighted by atomic mass is 10.2. The highest BCUT2D eigenvalue weighted by molar-refractivity contribution is 9.10. The third-order valence-corrected chi connectivity index (χ3v) is 3.98. The van der Waals surface area contributed by atoms with Crippen LogP contribution in [-0.2, 0) is 0 Å². The monoisotopic (exact) mass is 363 g/mol. The molecule has 0 aliphatic rings. The van der Waals surface area contributed by atoms with Crippen LogP contribution >= 0.6 is 39.7 Å². The Morgan fingerprint density at radius 3 is 2.80 bits per heavy atom. The van der Waals surface area contributed by atoms with Crippen LogP contribution in [0.2, 0.25) is 5.02 Å². The summed E-state index contributed by atoms with van der Waals surface area (Å²) in [6.07, 6.45) is 0. The number of halogens is 2. The number of imidazole rings is 1. The van der Waals surface area contributed by atoms with Crippen LogP contribution in [0.3, 0.4) is 0 Å². The quantitative estimate of drug-likeness (QED) is 0.619. The van der Waals surface area contributed by atoms with Crippen LogP contribution in [0.25, 0.3) is 16.7 Å². The molecule has 1 N–H and O–H groups in total. The number of aromatic amines is 1. The minimum atomic E-state index is 0.523. The van der Waals surface area contributed by atoms with E-state index in [4.69, 9.17) is 23.8 Å². The van der Waals surface area contributed by atoms with Crippen molar-refractivity contribution < 1.29 is 0 Å². The first-order chi connectivity index (χ1) is 9.60. The molecule has 0 unspecified atom stereocenters. The lowest BCUT2D eigenvalue weighted by molar-refractivity contribution is 1.06. The van der Waals surface area contributed by atoms with Gasteiger partial charge in [0.1, 0.15) is 6.07 Å². The summed E-state index contributed by atoms with van der Waals surface area (Å²) in [5.41, 5.74) is 3.00. The van der Waals surface area contributed by atoms with E-state index in [9.17, 15) is 5.26 Å². The van der Waals surface area contributed by atoms with Crippen molar-refractivity contribution in [1.29, 1.82) is 5.26 Å². The Morgan fingerprint density at radius 2 is 2.05 bits per heavy atom. The van der Waals surface area contributed by atoms with Gasteiger partial charge in [0.25, 0.3) is 0 Å². The van der Waals surface area contributed by atoms with Crippen LogP contribution < -0.4 is 0 Å². The first-order valence-corrected chi connectivity index (χ1v) is 7.28. The Kier molecular flexibility index (Phi) is 3.38. The smallest absolute Gasteiger partial charge is 0.182 e. The van der Waals surface area contributed by atoms with E-state index in [1.807, 2.05) is 22.8 Å². The number of rotatable bonds is 1. The maximum Gasteiger partial charge on any atom is 0.182 e. The van der Waals surface area contributed by atoms with Gasteiger partial charge in [0, 0.05) is 9.50 Å². The summed E-state index contributed by atoms with van der Waals surface area (Å²) in [5.74, 6) is 0. The number of benzene rings is 2. The molecule has 0 spiro atoms. The van der Waals surface area contributed by atoms with Gasteiger partial charge in [0.05, 0.1) is 22.3 Å². The minimum absolute atomic E-state index is 0.523. The third-order valence-electron chi connectivity index (χ3n) is 2.97. The summed E-state index contributed by atoms with van der Waals surface area (Å²) < 4.78 is 3.30. The van der Waals surface area contributed by atoms with Crippen molar-refractivity contribution in [1.82, 2.24) is 9.55 Å². The Bertz CT molecular complexity index is 920. The Labute approximate surface area is 133 Å². The zero-order valence-corrected chi connectivity index (χ0v) is 13.2. The fourth-order valence-electron chi connectivity index (χ4n) is 2.11. The van der Waals surface area contributed by atoms with E-state index in [0.717, 1.165) is 15.5 Å². The SMILES string of the molecule is N#Cc1ccc(Cl)cc1-n1c(=S)[nH]c2cc(Br)ccc21. The predicted octanol–water partition coefficient (Wildman–Crippen LogP) is 4.98. The lowest BCUT2D eigenvalue weighted by Gasteiger charge is -2.07. The zero-order chi connectivity index (χ0) is 14.3. The van der Waals surface area contributed by atoms with Gasteiger partial charge in [-0.1, -0.05) is 27.5 Å². The molecule has 0 fully saturated rings. The number of H-pyrrole nitrogens is 1. The summed E-state index contributed by atoms with van der Waals surface area (Å²) >= 11 is 14.8. The molecule has 0 aliphatic carbocycles. The van der Waals surface area contributed by atoms with Crippen molar-refractivity contribution >= 4 is 50.8 Å². The molecule has 6 heteroatoms. The largest absolute Gasteiger partial charge is 0.330 e. The van der Waals surface area contributed by atoms with Crippen LogP contribution in [0.15, 0.2) is 40.9 Å². The van der Waals surface area contributed by atoms with Gasteiger partial charge in [-0.05, 0) is 48.6 Å². The Morgan fingerprint density at radius 1 is 1.25 bits per heavy atom. The topological polar surface area (TPSA) is 44.5 Å². The highest BCUT2D eigenvalue weighted by Gasteiger charge is 2.11. The molecule has 0 saturated carbocycles. The van der Waals surface area contributed by atoms with Crippen molar-refractivity contribution in [2.45, 2.75) is 0 Å². The van der Waals surface area contributed by atoms with Crippen LogP contribution in [-0.4, -0.2) is 9.55 Å². The normalized spacial score (nSPS) is 10.7. The average molecular weight is 365 g/mol. The number of nitrogens with one attached hydrogen (secondary N) is 1. The summed E-state index contributed by atoms with van der Waals surface area (Å²) in [6, 6.07) is 13.1. The average Bonchev–Trinajstić information content (AvgIpc) is 2.73. The molecular formula is C14H7BrClN3S. The number of aromatic nitrogens is 2. The van der Waals surface area contributed by atoms with Gasteiger partial charge in [0.15, 0.2) is 4.77 Å². The highest BCUT2D eigenvalue weighted by atomic mass is 79.9.